The molecule has 0 aliphatic rings. The normalized spacial score (nSPS) is 9.77. The van der Waals surface area contributed by atoms with Gasteiger partial charge in [-0.1, -0.05) is 13.3 Å². The molecular weight excluding hydrogens is 166 g/mol. The van der Waals surface area contributed by atoms with Crippen molar-refractivity contribution < 1.29 is 9.47 Å². The molecule has 1 rings (SSSR count). The molecule has 1 aromatic heterocycles. The van der Waals surface area contributed by atoms with Crippen molar-refractivity contribution in [2.24, 2.45) is 0 Å². The molecule has 0 amide bonds. The van der Waals surface area contributed by atoms with Gasteiger partial charge in [0.25, 0.3) is 0 Å². The van der Waals surface area contributed by atoms with Crippen molar-refractivity contribution in [2.45, 2.75) is 19.8 Å². The smallest absolute Gasteiger partial charge is 0.219 e. The first-order valence-electron chi connectivity index (χ1n) is 4.39. The van der Waals surface area contributed by atoms with E-state index < -0.39 is 0 Å². The SMILES string of the molecule is CCCc1ccc(OC)nc1OC. The zero-order valence-corrected chi connectivity index (χ0v) is 8.33. The third-order valence-corrected chi connectivity index (χ3v) is 1.84. The van der Waals surface area contributed by atoms with E-state index in [-0.39, 0.29) is 0 Å². The number of aromatic nitrogens is 1. The molecule has 0 N–H and O–H groups in total. The molecule has 1 aromatic rings. The summed E-state index contributed by atoms with van der Waals surface area (Å²) >= 11 is 0. The van der Waals surface area contributed by atoms with Gasteiger partial charge in [-0.2, -0.15) is 4.98 Å². The summed E-state index contributed by atoms with van der Waals surface area (Å²) in [5.41, 5.74) is 1.13. The van der Waals surface area contributed by atoms with Gasteiger partial charge in [0.2, 0.25) is 11.8 Å². The molecule has 0 saturated heterocycles. The van der Waals surface area contributed by atoms with Crippen LogP contribution in [0.1, 0.15) is 18.9 Å². The molecule has 3 heteroatoms. The van der Waals surface area contributed by atoms with Gasteiger partial charge in [0.1, 0.15) is 0 Å². The quantitative estimate of drug-likeness (QED) is 0.712. The minimum atomic E-state index is 0.594. The van der Waals surface area contributed by atoms with Gasteiger partial charge in [-0.15, -0.1) is 0 Å². The van der Waals surface area contributed by atoms with E-state index in [2.05, 4.69) is 11.9 Å². The number of aryl methyl sites for hydroxylation is 1. The fourth-order valence-corrected chi connectivity index (χ4v) is 1.20. The summed E-state index contributed by atoms with van der Waals surface area (Å²) in [7, 11) is 3.22. The van der Waals surface area contributed by atoms with Crippen molar-refractivity contribution in [3.8, 4) is 11.8 Å². The van der Waals surface area contributed by atoms with Gasteiger partial charge in [-0.05, 0) is 12.5 Å². The molecule has 13 heavy (non-hydrogen) atoms. The Kier molecular flexibility index (Phi) is 3.55. The summed E-state index contributed by atoms with van der Waals surface area (Å²) in [6.07, 6.45) is 2.07. The van der Waals surface area contributed by atoms with Crippen LogP contribution >= 0.6 is 0 Å². The van der Waals surface area contributed by atoms with E-state index in [4.69, 9.17) is 9.47 Å². The van der Waals surface area contributed by atoms with Gasteiger partial charge in [-0.3, -0.25) is 0 Å². The Morgan fingerprint density at radius 2 is 2.00 bits per heavy atom. The molecule has 0 unspecified atom stereocenters. The lowest BCUT2D eigenvalue weighted by atomic mass is 10.1. The van der Waals surface area contributed by atoms with E-state index in [9.17, 15) is 0 Å². The summed E-state index contributed by atoms with van der Waals surface area (Å²) in [5.74, 6) is 1.26. The predicted molar refractivity (Wildman–Crippen MR) is 51.3 cm³/mol. The van der Waals surface area contributed by atoms with Gasteiger partial charge in [0.15, 0.2) is 0 Å². The lowest BCUT2D eigenvalue weighted by molar-refractivity contribution is 0.361. The van der Waals surface area contributed by atoms with Gasteiger partial charge >= 0.3 is 0 Å². The van der Waals surface area contributed by atoms with Crippen molar-refractivity contribution in [3.63, 3.8) is 0 Å². The topological polar surface area (TPSA) is 31.4 Å². The lowest BCUT2D eigenvalue weighted by Crippen LogP contribution is -1.97. The highest BCUT2D eigenvalue weighted by molar-refractivity contribution is 5.30. The third-order valence-electron chi connectivity index (χ3n) is 1.84. The highest BCUT2D eigenvalue weighted by Crippen LogP contribution is 2.20. The second-order valence-electron chi connectivity index (χ2n) is 2.77. The number of ether oxygens (including phenoxy) is 2. The number of methoxy groups -OCH3 is 2. The molecule has 0 aliphatic heterocycles. The molecule has 0 fully saturated rings. The summed E-state index contributed by atoms with van der Waals surface area (Å²) in [5, 5.41) is 0. The predicted octanol–water partition coefficient (Wildman–Crippen LogP) is 2.05. The molecule has 0 aliphatic carbocycles. The number of rotatable bonds is 4. The van der Waals surface area contributed by atoms with Gasteiger partial charge in [0.05, 0.1) is 14.2 Å². The lowest BCUT2D eigenvalue weighted by Gasteiger charge is -2.07. The zero-order valence-electron chi connectivity index (χ0n) is 8.33. The van der Waals surface area contributed by atoms with Crippen molar-refractivity contribution >= 4 is 0 Å². The van der Waals surface area contributed by atoms with E-state index in [1.165, 1.54) is 0 Å². The maximum atomic E-state index is 5.15. The highest BCUT2D eigenvalue weighted by atomic mass is 16.5. The number of hydrogen-bond acceptors (Lipinski definition) is 3. The Hall–Kier alpha value is -1.25. The fraction of sp³-hybridized carbons (Fsp3) is 0.500. The van der Waals surface area contributed by atoms with Crippen LogP contribution in [-0.4, -0.2) is 19.2 Å². The van der Waals surface area contributed by atoms with Crippen molar-refractivity contribution in [2.75, 3.05) is 14.2 Å². The Bertz CT molecular complexity index is 274. The fourth-order valence-electron chi connectivity index (χ4n) is 1.20. The summed E-state index contributed by atoms with van der Waals surface area (Å²) in [6, 6.07) is 3.85. The van der Waals surface area contributed by atoms with Crippen LogP contribution in [0.5, 0.6) is 11.8 Å². The highest BCUT2D eigenvalue weighted by Gasteiger charge is 2.04. The molecule has 0 aromatic carbocycles. The van der Waals surface area contributed by atoms with E-state index in [1.54, 1.807) is 14.2 Å². The Balaban J connectivity index is 2.93. The van der Waals surface area contributed by atoms with Gasteiger partial charge in [-0.25, -0.2) is 0 Å². The van der Waals surface area contributed by atoms with Crippen LogP contribution in [-0.2, 0) is 6.42 Å². The molecular formula is C10H15NO2. The first-order chi connectivity index (χ1) is 6.31. The number of nitrogens with zero attached hydrogens (tertiary/aromatic N) is 1. The molecule has 1 heterocycles. The molecule has 0 atom stereocenters. The van der Waals surface area contributed by atoms with E-state index >= 15 is 0 Å². The largest absolute Gasteiger partial charge is 0.481 e. The van der Waals surface area contributed by atoms with E-state index in [0.29, 0.717) is 11.8 Å². The first-order valence-corrected chi connectivity index (χ1v) is 4.39. The van der Waals surface area contributed by atoms with E-state index in [1.807, 2.05) is 12.1 Å². The van der Waals surface area contributed by atoms with Crippen molar-refractivity contribution in [3.05, 3.63) is 17.7 Å². The number of pyridine rings is 1. The van der Waals surface area contributed by atoms with Crippen LogP contribution in [0.15, 0.2) is 12.1 Å². The Morgan fingerprint density at radius 1 is 1.23 bits per heavy atom. The first kappa shape index (κ1) is 9.84. The van der Waals surface area contributed by atoms with E-state index in [0.717, 1.165) is 18.4 Å². The molecule has 0 saturated carbocycles. The Labute approximate surface area is 78.7 Å². The van der Waals surface area contributed by atoms with Crippen LogP contribution in [0.4, 0.5) is 0 Å². The zero-order chi connectivity index (χ0) is 9.68. The molecule has 0 spiro atoms. The second kappa shape index (κ2) is 4.70. The van der Waals surface area contributed by atoms with Gasteiger partial charge in [0, 0.05) is 11.6 Å². The molecule has 0 radical (unpaired) electrons. The molecule has 3 nitrogen and oxygen atoms in total. The monoisotopic (exact) mass is 181 g/mol. The molecule has 72 valence electrons. The van der Waals surface area contributed by atoms with Crippen LogP contribution in [0.3, 0.4) is 0 Å². The summed E-state index contributed by atoms with van der Waals surface area (Å²) in [4.78, 5) is 4.18. The third kappa shape index (κ3) is 2.34. The standard InChI is InChI=1S/C10H15NO2/c1-4-5-8-6-7-9(12-2)11-10(8)13-3/h6-7H,4-5H2,1-3H3. The minimum Gasteiger partial charge on any atom is -0.481 e. The summed E-state index contributed by atoms with van der Waals surface area (Å²) in [6.45, 7) is 2.13. The van der Waals surface area contributed by atoms with Crippen LogP contribution in [0.25, 0.3) is 0 Å². The van der Waals surface area contributed by atoms with Crippen molar-refractivity contribution in [1.29, 1.82) is 0 Å². The second-order valence-corrected chi connectivity index (χ2v) is 2.77. The summed E-state index contributed by atoms with van der Waals surface area (Å²) < 4.78 is 10.1. The van der Waals surface area contributed by atoms with Crippen LogP contribution < -0.4 is 9.47 Å². The average molecular weight is 181 g/mol. The minimum absolute atomic E-state index is 0.594. The molecule has 0 bridgehead atoms. The maximum absolute atomic E-state index is 5.15. The van der Waals surface area contributed by atoms with Crippen LogP contribution in [0, 0.1) is 0 Å². The van der Waals surface area contributed by atoms with Crippen molar-refractivity contribution in [1.82, 2.24) is 4.98 Å². The van der Waals surface area contributed by atoms with Crippen LogP contribution in [0.2, 0.25) is 0 Å². The number of hydrogen-bond donors (Lipinski definition) is 0. The average Bonchev–Trinajstić information content (AvgIpc) is 2.19. The van der Waals surface area contributed by atoms with Gasteiger partial charge < -0.3 is 9.47 Å². The Morgan fingerprint density at radius 3 is 2.54 bits per heavy atom. The maximum Gasteiger partial charge on any atom is 0.219 e.